The van der Waals surface area contributed by atoms with Crippen molar-refractivity contribution < 1.29 is 4.74 Å². The van der Waals surface area contributed by atoms with Crippen LogP contribution in [0.25, 0.3) is 10.9 Å². The van der Waals surface area contributed by atoms with Gasteiger partial charge in [-0.05, 0) is 24.4 Å². The SMILES string of the molecule is CCOCCn1c(C(C)(C)C)cc2ccccc21. The van der Waals surface area contributed by atoms with Crippen LogP contribution in [0.4, 0.5) is 0 Å². The van der Waals surface area contributed by atoms with Gasteiger partial charge in [0.25, 0.3) is 0 Å². The highest BCUT2D eigenvalue weighted by Gasteiger charge is 2.20. The van der Waals surface area contributed by atoms with Gasteiger partial charge in [-0.2, -0.15) is 0 Å². The second-order valence-corrected chi connectivity index (χ2v) is 5.69. The zero-order valence-electron chi connectivity index (χ0n) is 11.9. The average molecular weight is 245 g/mol. The minimum Gasteiger partial charge on any atom is -0.380 e. The van der Waals surface area contributed by atoms with Gasteiger partial charge < -0.3 is 9.30 Å². The van der Waals surface area contributed by atoms with Crippen molar-refractivity contribution >= 4 is 10.9 Å². The molecular weight excluding hydrogens is 222 g/mol. The summed E-state index contributed by atoms with van der Waals surface area (Å²) < 4.78 is 7.90. The Morgan fingerprint density at radius 1 is 1.17 bits per heavy atom. The fourth-order valence-corrected chi connectivity index (χ4v) is 2.37. The Kier molecular flexibility index (Phi) is 3.76. The van der Waals surface area contributed by atoms with Gasteiger partial charge in [-0.15, -0.1) is 0 Å². The molecule has 1 aromatic heterocycles. The van der Waals surface area contributed by atoms with Crippen molar-refractivity contribution in [1.82, 2.24) is 4.57 Å². The summed E-state index contributed by atoms with van der Waals surface area (Å²) in [5.41, 5.74) is 2.84. The zero-order chi connectivity index (χ0) is 13.2. The molecule has 0 spiro atoms. The summed E-state index contributed by atoms with van der Waals surface area (Å²) in [6.07, 6.45) is 0. The number of rotatable bonds is 4. The van der Waals surface area contributed by atoms with Gasteiger partial charge >= 0.3 is 0 Å². The van der Waals surface area contributed by atoms with Crippen LogP contribution in [0.15, 0.2) is 30.3 Å². The second-order valence-electron chi connectivity index (χ2n) is 5.69. The zero-order valence-corrected chi connectivity index (χ0v) is 11.9. The average Bonchev–Trinajstić information content (AvgIpc) is 2.69. The molecule has 0 amide bonds. The molecule has 0 fully saturated rings. The first kappa shape index (κ1) is 13.2. The standard InChI is InChI=1S/C16H23NO/c1-5-18-11-10-17-14-9-7-6-8-13(14)12-15(17)16(2,3)4/h6-9,12H,5,10-11H2,1-4H3. The van der Waals surface area contributed by atoms with Gasteiger partial charge in [0.15, 0.2) is 0 Å². The van der Waals surface area contributed by atoms with Crippen molar-refractivity contribution in [2.45, 2.75) is 39.7 Å². The van der Waals surface area contributed by atoms with Crippen LogP contribution in [0.1, 0.15) is 33.4 Å². The third-order valence-corrected chi connectivity index (χ3v) is 3.24. The maximum absolute atomic E-state index is 5.50. The number of aromatic nitrogens is 1. The van der Waals surface area contributed by atoms with Crippen molar-refractivity contribution in [3.63, 3.8) is 0 Å². The Bertz CT molecular complexity index is 519. The smallest absolute Gasteiger partial charge is 0.0645 e. The first-order chi connectivity index (χ1) is 8.54. The third-order valence-electron chi connectivity index (χ3n) is 3.24. The number of ether oxygens (including phenoxy) is 1. The molecule has 98 valence electrons. The number of hydrogen-bond donors (Lipinski definition) is 0. The molecule has 2 rings (SSSR count). The van der Waals surface area contributed by atoms with Gasteiger partial charge in [0, 0.05) is 29.8 Å². The summed E-state index contributed by atoms with van der Waals surface area (Å²) in [5, 5.41) is 1.32. The first-order valence-electron chi connectivity index (χ1n) is 6.70. The molecule has 0 saturated heterocycles. The predicted octanol–water partition coefficient (Wildman–Crippen LogP) is 3.98. The molecule has 0 bridgehead atoms. The van der Waals surface area contributed by atoms with E-state index in [9.17, 15) is 0 Å². The van der Waals surface area contributed by atoms with Crippen LogP contribution < -0.4 is 0 Å². The lowest BCUT2D eigenvalue weighted by Crippen LogP contribution is -2.19. The molecule has 2 heteroatoms. The molecule has 0 atom stereocenters. The van der Waals surface area contributed by atoms with Gasteiger partial charge in [0.1, 0.15) is 0 Å². The van der Waals surface area contributed by atoms with E-state index in [4.69, 9.17) is 4.74 Å². The molecule has 1 aromatic carbocycles. The molecule has 2 aromatic rings. The first-order valence-corrected chi connectivity index (χ1v) is 6.70. The largest absolute Gasteiger partial charge is 0.380 e. The maximum atomic E-state index is 5.50. The Labute approximate surface area is 110 Å². The molecule has 0 aliphatic carbocycles. The fourth-order valence-electron chi connectivity index (χ4n) is 2.37. The second kappa shape index (κ2) is 5.15. The molecule has 0 unspecified atom stereocenters. The Morgan fingerprint density at radius 3 is 2.56 bits per heavy atom. The van der Waals surface area contributed by atoms with Gasteiger partial charge in [0.2, 0.25) is 0 Å². The maximum Gasteiger partial charge on any atom is 0.0645 e. The Balaban J connectivity index is 2.44. The van der Waals surface area contributed by atoms with E-state index in [0.717, 1.165) is 19.8 Å². The minimum atomic E-state index is 0.158. The lowest BCUT2D eigenvalue weighted by molar-refractivity contribution is 0.138. The number of benzene rings is 1. The van der Waals surface area contributed by atoms with E-state index < -0.39 is 0 Å². The number of para-hydroxylation sites is 1. The summed E-state index contributed by atoms with van der Waals surface area (Å²) >= 11 is 0. The van der Waals surface area contributed by atoms with E-state index in [1.54, 1.807) is 0 Å². The van der Waals surface area contributed by atoms with Crippen molar-refractivity contribution in [3.05, 3.63) is 36.0 Å². The number of fused-ring (bicyclic) bond motifs is 1. The highest BCUT2D eigenvalue weighted by atomic mass is 16.5. The van der Waals surface area contributed by atoms with Crippen LogP contribution in [0.2, 0.25) is 0 Å². The van der Waals surface area contributed by atoms with Crippen LogP contribution in [0.3, 0.4) is 0 Å². The molecule has 0 saturated carbocycles. The topological polar surface area (TPSA) is 14.2 Å². The third kappa shape index (κ3) is 2.59. The molecule has 0 radical (unpaired) electrons. The van der Waals surface area contributed by atoms with E-state index in [0.29, 0.717) is 0 Å². The van der Waals surface area contributed by atoms with Crippen molar-refractivity contribution in [1.29, 1.82) is 0 Å². The van der Waals surface area contributed by atoms with Gasteiger partial charge in [-0.1, -0.05) is 39.0 Å². The lowest BCUT2D eigenvalue weighted by Gasteiger charge is -2.22. The van der Waals surface area contributed by atoms with Crippen LogP contribution in [-0.4, -0.2) is 17.8 Å². The monoisotopic (exact) mass is 245 g/mol. The summed E-state index contributed by atoms with van der Waals surface area (Å²) in [6.45, 7) is 11.3. The minimum absolute atomic E-state index is 0.158. The molecule has 0 aliphatic heterocycles. The molecule has 0 N–H and O–H groups in total. The fraction of sp³-hybridized carbons (Fsp3) is 0.500. The van der Waals surface area contributed by atoms with Crippen LogP contribution in [0, 0.1) is 0 Å². The molecular formula is C16H23NO. The van der Waals surface area contributed by atoms with Crippen LogP contribution in [-0.2, 0) is 16.7 Å². The van der Waals surface area contributed by atoms with E-state index in [1.807, 2.05) is 6.92 Å². The number of nitrogens with zero attached hydrogens (tertiary/aromatic N) is 1. The molecule has 1 heterocycles. The number of hydrogen-bond acceptors (Lipinski definition) is 1. The lowest BCUT2D eigenvalue weighted by atomic mass is 9.92. The van der Waals surface area contributed by atoms with Gasteiger partial charge in [-0.25, -0.2) is 0 Å². The molecule has 2 nitrogen and oxygen atoms in total. The van der Waals surface area contributed by atoms with E-state index in [1.165, 1.54) is 16.6 Å². The Morgan fingerprint density at radius 2 is 1.89 bits per heavy atom. The summed E-state index contributed by atoms with van der Waals surface area (Å²) in [5.74, 6) is 0. The highest BCUT2D eigenvalue weighted by Crippen LogP contribution is 2.29. The summed E-state index contributed by atoms with van der Waals surface area (Å²) in [6, 6.07) is 10.9. The quantitative estimate of drug-likeness (QED) is 0.743. The summed E-state index contributed by atoms with van der Waals surface area (Å²) in [7, 11) is 0. The van der Waals surface area contributed by atoms with Crippen LogP contribution in [0.5, 0.6) is 0 Å². The van der Waals surface area contributed by atoms with E-state index in [2.05, 4.69) is 55.7 Å². The van der Waals surface area contributed by atoms with Crippen molar-refractivity contribution in [2.75, 3.05) is 13.2 Å². The molecule has 18 heavy (non-hydrogen) atoms. The molecule has 0 aliphatic rings. The van der Waals surface area contributed by atoms with Crippen molar-refractivity contribution in [2.24, 2.45) is 0 Å². The predicted molar refractivity (Wildman–Crippen MR) is 77.1 cm³/mol. The Hall–Kier alpha value is -1.28. The van der Waals surface area contributed by atoms with Gasteiger partial charge in [-0.3, -0.25) is 0 Å². The van der Waals surface area contributed by atoms with Gasteiger partial charge in [0.05, 0.1) is 6.61 Å². The van der Waals surface area contributed by atoms with Crippen molar-refractivity contribution in [3.8, 4) is 0 Å². The van der Waals surface area contributed by atoms with E-state index >= 15 is 0 Å². The van der Waals surface area contributed by atoms with Crippen LogP contribution >= 0.6 is 0 Å². The van der Waals surface area contributed by atoms with E-state index in [-0.39, 0.29) is 5.41 Å². The highest BCUT2D eigenvalue weighted by molar-refractivity contribution is 5.81. The summed E-state index contributed by atoms with van der Waals surface area (Å²) in [4.78, 5) is 0. The normalized spacial score (nSPS) is 12.2.